The molecular weight excluding hydrogens is 356 g/mol. The van der Waals surface area contributed by atoms with Crippen molar-refractivity contribution < 1.29 is 9.59 Å². The van der Waals surface area contributed by atoms with Crippen molar-refractivity contribution in [1.82, 2.24) is 15.2 Å². The number of Topliss-reactive ketones (excluding diaryl/α,β-unsaturated/α-hetero) is 1. The predicted octanol–water partition coefficient (Wildman–Crippen LogP) is 3.86. The van der Waals surface area contributed by atoms with Crippen molar-refractivity contribution in [3.63, 3.8) is 0 Å². The van der Waals surface area contributed by atoms with Crippen molar-refractivity contribution in [3.05, 3.63) is 47.3 Å². The second-order valence-electron chi connectivity index (χ2n) is 5.33. The molecular formula is C17H16N4O2S2. The van der Waals surface area contributed by atoms with Crippen molar-refractivity contribution in [3.8, 4) is 10.7 Å². The summed E-state index contributed by atoms with van der Waals surface area (Å²) in [5, 5.41) is 11.9. The Morgan fingerprint density at radius 2 is 2.12 bits per heavy atom. The summed E-state index contributed by atoms with van der Waals surface area (Å²) in [4.78, 5) is 29.2. The number of H-pyrrole nitrogens is 1. The van der Waals surface area contributed by atoms with E-state index in [0.29, 0.717) is 22.2 Å². The van der Waals surface area contributed by atoms with Crippen LogP contribution in [0.1, 0.15) is 24.2 Å². The Bertz CT molecular complexity index is 890. The number of thioether (sulfide) groups is 1. The number of benzene rings is 1. The summed E-state index contributed by atoms with van der Waals surface area (Å²) in [6.45, 7) is 3.28. The predicted molar refractivity (Wildman–Crippen MR) is 100 cm³/mol. The van der Waals surface area contributed by atoms with Gasteiger partial charge in [0.15, 0.2) is 11.6 Å². The molecule has 0 radical (unpaired) electrons. The molecule has 3 rings (SSSR count). The van der Waals surface area contributed by atoms with Gasteiger partial charge in [0.1, 0.15) is 0 Å². The fraction of sp³-hybridized carbons (Fsp3) is 0.176. The third kappa shape index (κ3) is 4.34. The van der Waals surface area contributed by atoms with E-state index >= 15 is 0 Å². The summed E-state index contributed by atoms with van der Waals surface area (Å²) in [5.41, 5.74) is 1.16. The molecule has 0 fully saturated rings. The quantitative estimate of drug-likeness (QED) is 0.507. The first-order valence-corrected chi connectivity index (χ1v) is 9.33. The highest BCUT2D eigenvalue weighted by atomic mass is 32.2. The van der Waals surface area contributed by atoms with Crippen molar-refractivity contribution in [1.29, 1.82) is 0 Å². The Morgan fingerprint density at radius 3 is 2.84 bits per heavy atom. The largest absolute Gasteiger partial charge is 0.325 e. The van der Waals surface area contributed by atoms with E-state index in [1.807, 2.05) is 17.5 Å². The molecule has 25 heavy (non-hydrogen) atoms. The molecule has 0 aliphatic heterocycles. The van der Waals surface area contributed by atoms with Gasteiger partial charge < -0.3 is 5.32 Å². The molecule has 0 unspecified atom stereocenters. The van der Waals surface area contributed by atoms with Crippen LogP contribution in [0.2, 0.25) is 0 Å². The van der Waals surface area contributed by atoms with Crippen LogP contribution in [0.5, 0.6) is 0 Å². The van der Waals surface area contributed by atoms with Gasteiger partial charge in [0, 0.05) is 11.3 Å². The number of aromatic nitrogens is 3. The van der Waals surface area contributed by atoms with Crippen LogP contribution in [0.4, 0.5) is 5.69 Å². The van der Waals surface area contributed by atoms with Crippen molar-refractivity contribution >= 4 is 40.5 Å². The number of carbonyl (C=O) groups excluding carboxylic acids is 2. The second kappa shape index (κ2) is 7.62. The smallest absolute Gasteiger partial charge is 0.237 e. The molecule has 0 saturated heterocycles. The first kappa shape index (κ1) is 17.4. The first-order chi connectivity index (χ1) is 12.0. The SMILES string of the molecule is CC(=O)c1cccc(NC(=O)[C@H](C)Sc2n[nH]c(-c3cccs3)n2)c1. The van der Waals surface area contributed by atoms with Gasteiger partial charge >= 0.3 is 0 Å². The number of rotatable bonds is 6. The second-order valence-corrected chi connectivity index (χ2v) is 7.59. The highest BCUT2D eigenvalue weighted by molar-refractivity contribution is 8.00. The molecule has 2 heterocycles. The fourth-order valence-corrected chi connectivity index (χ4v) is 3.48. The van der Waals surface area contributed by atoms with E-state index in [4.69, 9.17) is 0 Å². The standard InChI is InChI=1S/C17H16N4O2S2/c1-10(22)12-5-3-6-13(9-12)18-16(23)11(2)25-17-19-15(20-21-17)14-7-4-8-24-14/h3-9,11H,1-2H3,(H,18,23)(H,19,20,21)/t11-/m0/s1. The number of hydrogen-bond acceptors (Lipinski definition) is 6. The number of ketones is 1. The van der Waals surface area contributed by atoms with Crippen LogP contribution < -0.4 is 5.32 Å². The minimum atomic E-state index is -0.382. The maximum Gasteiger partial charge on any atom is 0.237 e. The van der Waals surface area contributed by atoms with E-state index in [-0.39, 0.29) is 16.9 Å². The van der Waals surface area contributed by atoms with Gasteiger partial charge in [0.25, 0.3) is 0 Å². The molecule has 0 saturated carbocycles. The van der Waals surface area contributed by atoms with Crippen LogP contribution in [-0.4, -0.2) is 32.1 Å². The number of carbonyl (C=O) groups is 2. The van der Waals surface area contributed by atoms with Gasteiger partial charge in [-0.2, -0.15) is 0 Å². The maximum absolute atomic E-state index is 12.4. The van der Waals surface area contributed by atoms with Crippen LogP contribution in [0.15, 0.2) is 46.9 Å². The minimum absolute atomic E-state index is 0.0413. The van der Waals surface area contributed by atoms with Gasteiger partial charge in [0.05, 0.1) is 10.1 Å². The molecule has 6 nitrogen and oxygen atoms in total. The number of nitrogens with zero attached hydrogens (tertiary/aromatic N) is 2. The lowest BCUT2D eigenvalue weighted by Crippen LogP contribution is -2.22. The van der Waals surface area contributed by atoms with Crippen LogP contribution >= 0.6 is 23.1 Å². The molecule has 2 N–H and O–H groups in total. The monoisotopic (exact) mass is 372 g/mol. The Kier molecular flexibility index (Phi) is 5.30. The molecule has 8 heteroatoms. The number of thiophene rings is 1. The molecule has 0 aliphatic rings. The molecule has 1 atom stereocenters. The van der Waals surface area contributed by atoms with E-state index in [1.54, 1.807) is 42.5 Å². The van der Waals surface area contributed by atoms with Gasteiger partial charge in [-0.15, -0.1) is 16.4 Å². The zero-order valence-corrected chi connectivity index (χ0v) is 15.3. The van der Waals surface area contributed by atoms with Crippen LogP contribution in [0, 0.1) is 0 Å². The average Bonchev–Trinajstić information content (AvgIpc) is 3.26. The average molecular weight is 372 g/mol. The van der Waals surface area contributed by atoms with E-state index in [9.17, 15) is 9.59 Å². The molecule has 0 bridgehead atoms. The maximum atomic E-state index is 12.4. The van der Waals surface area contributed by atoms with E-state index in [0.717, 1.165) is 4.88 Å². The number of anilines is 1. The molecule has 1 aromatic carbocycles. The Morgan fingerprint density at radius 1 is 1.28 bits per heavy atom. The molecule has 0 spiro atoms. The molecule has 2 aromatic heterocycles. The highest BCUT2D eigenvalue weighted by Crippen LogP contribution is 2.25. The topological polar surface area (TPSA) is 87.7 Å². The normalized spacial score (nSPS) is 11.9. The van der Waals surface area contributed by atoms with Crippen LogP contribution in [0.3, 0.4) is 0 Å². The lowest BCUT2D eigenvalue weighted by atomic mass is 10.1. The fourth-order valence-electron chi connectivity index (χ4n) is 2.09. The van der Waals surface area contributed by atoms with Gasteiger partial charge in [-0.05, 0) is 37.4 Å². The Balaban J connectivity index is 1.63. The summed E-state index contributed by atoms with van der Waals surface area (Å²) in [7, 11) is 0. The van der Waals surface area contributed by atoms with Gasteiger partial charge in [-0.25, -0.2) is 4.98 Å². The third-order valence-electron chi connectivity index (χ3n) is 3.41. The van der Waals surface area contributed by atoms with Crippen molar-refractivity contribution in [2.75, 3.05) is 5.32 Å². The summed E-state index contributed by atoms with van der Waals surface area (Å²) in [5.74, 6) is 0.479. The molecule has 1 amide bonds. The number of nitrogens with one attached hydrogen (secondary N) is 2. The highest BCUT2D eigenvalue weighted by Gasteiger charge is 2.18. The van der Waals surface area contributed by atoms with Crippen LogP contribution in [0.25, 0.3) is 10.7 Å². The number of amides is 1. The van der Waals surface area contributed by atoms with Gasteiger partial charge in [-0.3, -0.25) is 14.7 Å². The Hall–Kier alpha value is -2.45. The lowest BCUT2D eigenvalue weighted by molar-refractivity contribution is -0.115. The third-order valence-corrected chi connectivity index (χ3v) is 5.25. The molecule has 128 valence electrons. The van der Waals surface area contributed by atoms with Crippen LogP contribution in [-0.2, 0) is 4.79 Å². The zero-order chi connectivity index (χ0) is 17.8. The minimum Gasteiger partial charge on any atom is -0.325 e. The number of aromatic amines is 1. The van der Waals surface area contributed by atoms with E-state index in [1.165, 1.54) is 18.7 Å². The van der Waals surface area contributed by atoms with Gasteiger partial charge in [-0.1, -0.05) is 30.0 Å². The molecule has 0 aliphatic carbocycles. The Labute approximate surface area is 153 Å². The summed E-state index contributed by atoms with van der Waals surface area (Å²) >= 11 is 2.84. The van der Waals surface area contributed by atoms with Gasteiger partial charge in [0.2, 0.25) is 11.1 Å². The summed E-state index contributed by atoms with van der Waals surface area (Å²) < 4.78 is 0. The zero-order valence-electron chi connectivity index (χ0n) is 13.6. The van der Waals surface area contributed by atoms with E-state index < -0.39 is 0 Å². The summed E-state index contributed by atoms with van der Waals surface area (Å²) in [6.07, 6.45) is 0. The lowest BCUT2D eigenvalue weighted by Gasteiger charge is -2.10. The first-order valence-electron chi connectivity index (χ1n) is 7.58. The van der Waals surface area contributed by atoms with Crippen molar-refractivity contribution in [2.24, 2.45) is 0 Å². The number of hydrogen-bond donors (Lipinski definition) is 2. The molecule has 3 aromatic rings. The summed E-state index contributed by atoms with van der Waals surface area (Å²) in [6, 6.07) is 10.8. The van der Waals surface area contributed by atoms with E-state index in [2.05, 4.69) is 20.5 Å². The van der Waals surface area contributed by atoms with Crippen molar-refractivity contribution in [2.45, 2.75) is 24.3 Å².